The average Bonchev–Trinajstić information content (AvgIpc) is 2.49. The van der Waals surface area contributed by atoms with Crippen LogP contribution in [0.5, 0.6) is 0 Å². The number of halogens is 1. The van der Waals surface area contributed by atoms with Gasteiger partial charge in [0.25, 0.3) is 0 Å². The maximum atomic E-state index is 13.6. The molecular formula is C17H22FN3. The highest BCUT2D eigenvalue weighted by atomic mass is 19.1. The first kappa shape index (κ1) is 16.7. The quantitative estimate of drug-likeness (QED) is 0.341. The van der Waals surface area contributed by atoms with E-state index in [0.717, 1.165) is 12.1 Å². The molecule has 0 heterocycles. The van der Waals surface area contributed by atoms with E-state index >= 15 is 0 Å². The molecule has 0 spiro atoms. The Bertz CT molecular complexity index is 547. The second kappa shape index (κ2) is 8.74. The smallest absolute Gasteiger partial charge is 0.132 e. The maximum absolute atomic E-state index is 13.6. The highest BCUT2D eigenvalue weighted by Gasteiger charge is 2.04. The van der Waals surface area contributed by atoms with Crippen molar-refractivity contribution < 1.29 is 4.39 Å². The van der Waals surface area contributed by atoms with E-state index in [0.29, 0.717) is 17.9 Å². The topological polar surface area (TPSA) is 27.6 Å². The van der Waals surface area contributed by atoms with Crippen LogP contribution in [0.1, 0.15) is 18.9 Å². The van der Waals surface area contributed by atoms with Crippen LogP contribution in [0.25, 0.3) is 5.70 Å². The van der Waals surface area contributed by atoms with Gasteiger partial charge in [0.2, 0.25) is 0 Å². The second-order valence-corrected chi connectivity index (χ2v) is 4.54. The van der Waals surface area contributed by atoms with E-state index < -0.39 is 0 Å². The second-order valence-electron chi connectivity index (χ2n) is 4.54. The summed E-state index contributed by atoms with van der Waals surface area (Å²) in [6.07, 6.45) is 6.15. The van der Waals surface area contributed by atoms with E-state index in [1.165, 1.54) is 6.07 Å². The number of rotatable bonds is 8. The Hall–Kier alpha value is -2.36. The predicted molar refractivity (Wildman–Crippen MR) is 88.3 cm³/mol. The van der Waals surface area contributed by atoms with Crippen LogP contribution < -0.4 is 5.32 Å². The highest BCUT2D eigenvalue weighted by Crippen LogP contribution is 2.13. The van der Waals surface area contributed by atoms with Gasteiger partial charge in [-0.1, -0.05) is 38.3 Å². The molecule has 0 amide bonds. The van der Waals surface area contributed by atoms with Crippen LogP contribution in [0, 0.1) is 5.82 Å². The van der Waals surface area contributed by atoms with Crippen molar-refractivity contribution in [2.45, 2.75) is 13.3 Å². The fraction of sp³-hybridized carbons (Fsp3) is 0.235. The van der Waals surface area contributed by atoms with Gasteiger partial charge in [-0.3, -0.25) is 0 Å². The average molecular weight is 287 g/mol. The Morgan fingerprint density at radius 1 is 1.43 bits per heavy atom. The molecule has 0 aliphatic heterocycles. The van der Waals surface area contributed by atoms with Gasteiger partial charge in [0.05, 0.1) is 13.0 Å². The molecule has 0 fully saturated rings. The maximum Gasteiger partial charge on any atom is 0.132 e. The number of aliphatic imine (C=N–C) groups is 1. The van der Waals surface area contributed by atoms with Gasteiger partial charge in [0.1, 0.15) is 5.82 Å². The van der Waals surface area contributed by atoms with Crippen molar-refractivity contribution in [3.8, 4) is 0 Å². The van der Waals surface area contributed by atoms with Gasteiger partial charge >= 0.3 is 0 Å². The van der Waals surface area contributed by atoms with Crippen molar-refractivity contribution in [2.24, 2.45) is 4.99 Å². The van der Waals surface area contributed by atoms with E-state index in [-0.39, 0.29) is 5.82 Å². The zero-order chi connectivity index (χ0) is 15.7. The van der Waals surface area contributed by atoms with Gasteiger partial charge in [0, 0.05) is 24.0 Å². The SMILES string of the molecule is C=C/C=C(\CC)N=CN(C)CNC(=C)c1ccccc1F. The van der Waals surface area contributed by atoms with Crippen molar-refractivity contribution in [2.75, 3.05) is 13.7 Å². The number of benzene rings is 1. The number of nitrogens with one attached hydrogen (secondary N) is 1. The summed E-state index contributed by atoms with van der Waals surface area (Å²) in [5, 5.41) is 3.07. The lowest BCUT2D eigenvalue weighted by atomic mass is 10.1. The molecule has 4 heteroatoms. The van der Waals surface area contributed by atoms with E-state index in [4.69, 9.17) is 0 Å². The van der Waals surface area contributed by atoms with Crippen LogP contribution in [-0.2, 0) is 0 Å². The molecule has 21 heavy (non-hydrogen) atoms. The largest absolute Gasteiger partial charge is 0.368 e. The number of hydrogen-bond acceptors (Lipinski definition) is 2. The lowest BCUT2D eigenvalue weighted by molar-refractivity contribution is 0.498. The van der Waals surface area contributed by atoms with Gasteiger partial charge in [-0.25, -0.2) is 9.38 Å². The molecular weight excluding hydrogens is 265 g/mol. The molecule has 3 nitrogen and oxygen atoms in total. The molecule has 0 radical (unpaired) electrons. The molecule has 0 aliphatic rings. The van der Waals surface area contributed by atoms with Crippen LogP contribution in [0.4, 0.5) is 4.39 Å². The van der Waals surface area contributed by atoms with Crippen LogP contribution >= 0.6 is 0 Å². The molecule has 0 unspecified atom stereocenters. The number of allylic oxidation sites excluding steroid dienone is 3. The summed E-state index contributed by atoms with van der Waals surface area (Å²) >= 11 is 0. The van der Waals surface area contributed by atoms with Crippen LogP contribution in [0.2, 0.25) is 0 Å². The lowest BCUT2D eigenvalue weighted by Gasteiger charge is -2.17. The van der Waals surface area contributed by atoms with Crippen molar-refractivity contribution in [1.82, 2.24) is 10.2 Å². The molecule has 1 aromatic rings. The van der Waals surface area contributed by atoms with Crippen molar-refractivity contribution >= 4 is 12.0 Å². The van der Waals surface area contributed by atoms with Crippen molar-refractivity contribution in [3.05, 3.63) is 66.7 Å². The van der Waals surface area contributed by atoms with E-state index in [9.17, 15) is 4.39 Å². The summed E-state index contributed by atoms with van der Waals surface area (Å²) in [4.78, 5) is 6.21. The zero-order valence-corrected chi connectivity index (χ0v) is 12.6. The minimum absolute atomic E-state index is 0.284. The predicted octanol–water partition coefficient (Wildman–Crippen LogP) is 3.78. The summed E-state index contributed by atoms with van der Waals surface area (Å²) in [6.45, 7) is 10.0. The van der Waals surface area contributed by atoms with Gasteiger partial charge in [0.15, 0.2) is 0 Å². The summed E-state index contributed by atoms with van der Waals surface area (Å²) in [7, 11) is 1.88. The molecule has 1 rings (SSSR count). The van der Waals surface area contributed by atoms with Crippen LogP contribution in [0.15, 0.2) is 60.3 Å². The van der Waals surface area contributed by atoms with Gasteiger partial charge in [-0.15, -0.1) is 0 Å². The third-order valence-electron chi connectivity index (χ3n) is 2.83. The Morgan fingerprint density at radius 2 is 2.14 bits per heavy atom. The first-order chi connectivity index (χ1) is 10.1. The molecule has 1 N–H and O–H groups in total. The van der Waals surface area contributed by atoms with Crippen molar-refractivity contribution in [3.63, 3.8) is 0 Å². The lowest BCUT2D eigenvalue weighted by Crippen LogP contribution is -2.29. The zero-order valence-electron chi connectivity index (χ0n) is 12.6. The molecule has 0 aliphatic carbocycles. The van der Waals surface area contributed by atoms with Crippen LogP contribution in [0.3, 0.4) is 0 Å². The molecule has 1 aromatic carbocycles. The molecule has 112 valence electrons. The summed E-state index contributed by atoms with van der Waals surface area (Å²) in [5.74, 6) is -0.284. The first-order valence-corrected chi connectivity index (χ1v) is 6.82. The number of nitrogens with zero attached hydrogens (tertiary/aromatic N) is 2. The van der Waals surface area contributed by atoms with E-state index in [2.05, 4.69) is 23.5 Å². The van der Waals surface area contributed by atoms with Gasteiger partial charge in [-0.05, 0) is 24.6 Å². The summed E-state index contributed by atoms with van der Waals surface area (Å²) < 4.78 is 13.6. The van der Waals surface area contributed by atoms with E-state index in [1.54, 1.807) is 30.6 Å². The van der Waals surface area contributed by atoms with Crippen molar-refractivity contribution in [1.29, 1.82) is 0 Å². The Balaban J connectivity index is 2.53. The standard InChI is InChI=1S/C17H22FN3/c1-5-9-15(6-2)20-13-21(4)12-19-14(3)16-10-7-8-11-17(16)18/h5,7-11,13,19H,1,3,6,12H2,2,4H3/b15-9+,20-13?. The molecule has 0 aromatic heterocycles. The van der Waals surface area contributed by atoms with E-state index in [1.807, 2.05) is 24.9 Å². The summed E-state index contributed by atoms with van der Waals surface area (Å²) in [5.41, 5.74) is 1.97. The minimum Gasteiger partial charge on any atom is -0.368 e. The van der Waals surface area contributed by atoms with Crippen LogP contribution in [-0.4, -0.2) is 25.0 Å². The molecule has 0 saturated carbocycles. The molecule has 0 atom stereocenters. The highest BCUT2D eigenvalue weighted by molar-refractivity contribution is 5.62. The minimum atomic E-state index is -0.284. The third-order valence-corrected chi connectivity index (χ3v) is 2.83. The molecule has 0 bridgehead atoms. The Morgan fingerprint density at radius 3 is 2.76 bits per heavy atom. The normalized spacial score (nSPS) is 11.5. The number of hydrogen-bond donors (Lipinski definition) is 1. The molecule has 0 saturated heterocycles. The fourth-order valence-electron chi connectivity index (χ4n) is 1.62. The first-order valence-electron chi connectivity index (χ1n) is 6.82. The van der Waals surface area contributed by atoms with Gasteiger partial charge < -0.3 is 10.2 Å². The monoisotopic (exact) mass is 287 g/mol. The fourth-order valence-corrected chi connectivity index (χ4v) is 1.62. The Labute approximate surface area is 126 Å². The van der Waals surface area contributed by atoms with Gasteiger partial charge in [-0.2, -0.15) is 0 Å². The third kappa shape index (κ3) is 5.65. The Kier molecular flexibility index (Phi) is 6.95. The summed E-state index contributed by atoms with van der Waals surface area (Å²) in [6, 6.07) is 6.55.